The lowest BCUT2D eigenvalue weighted by Crippen LogP contribution is -2.06. The lowest BCUT2D eigenvalue weighted by atomic mass is 10.0. The van der Waals surface area contributed by atoms with Crippen molar-refractivity contribution in [2.24, 2.45) is 0 Å². The molecule has 0 atom stereocenters. The van der Waals surface area contributed by atoms with Gasteiger partial charge in [0, 0.05) is 36.2 Å². The maximum Gasteiger partial charge on any atom is 0.0761 e. The number of pyridine rings is 1. The minimum absolute atomic E-state index is 0.643. The molecule has 4 aromatic rings. The zero-order chi connectivity index (χ0) is 18.9. The molecule has 1 N–H and O–H groups in total. The quantitative estimate of drug-likeness (QED) is 0.573. The Morgan fingerprint density at radius 3 is 3.07 bits per heavy atom. The normalized spacial score (nSPS) is 14.7. The number of hydrogen-bond acceptors (Lipinski definition) is 4. The van der Waals surface area contributed by atoms with Gasteiger partial charge in [0.2, 0.25) is 0 Å². The van der Waals surface area contributed by atoms with Gasteiger partial charge < -0.3 is 14.0 Å². The van der Waals surface area contributed by atoms with Gasteiger partial charge in [-0.15, -0.1) is 0 Å². The number of nitrogens with zero attached hydrogens (tertiary/aromatic N) is 3. The summed E-state index contributed by atoms with van der Waals surface area (Å²) < 4.78 is 13.1. The van der Waals surface area contributed by atoms with Crippen LogP contribution in [0.3, 0.4) is 0 Å². The van der Waals surface area contributed by atoms with Crippen molar-refractivity contribution in [2.75, 3.05) is 26.9 Å². The van der Waals surface area contributed by atoms with Crippen LogP contribution >= 0.6 is 0 Å². The second-order valence-electron chi connectivity index (χ2n) is 6.98. The van der Waals surface area contributed by atoms with Crippen molar-refractivity contribution in [1.29, 1.82) is 0 Å². The zero-order valence-corrected chi connectivity index (χ0v) is 15.8. The molecule has 0 fully saturated rings. The third-order valence-corrected chi connectivity index (χ3v) is 5.33. The number of methoxy groups -OCH3 is 1. The predicted octanol–water partition coefficient (Wildman–Crippen LogP) is 4.03. The van der Waals surface area contributed by atoms with Crippen molar-refractivity contribution in [3.05, 3.63) is 54.5 Å². The minimum atomic E-state index is 0.643. The van der Waals surface area contributed by atoms with Gasteiger partial charge in [-0.1, -0.05) is 18.2 Å². The van der Waals surface area contributed by atoms with Crippen LogP contribution in [0.1, 0.15) is 12.1 Å². The minimum Gasteiger partial charge on any atom is -0.383 e. The van der Waals surface area contributed by atoms with Crippen molar-refractivity contribution in [2.45, 2.75) is 13.0 Å². The molecule has 1 aliphatic heterocycles. The number of fused-ring (bicyclic) bond motifs is 2. The first-order chi connectivity index (χ1) is 13.8. The Balaban J connectivity index is 1.75. The van der Waals surface area contributed by atoms with Gasteiger partial charge in [-0.05, 0) is 30.2 Å². The van der Waals surface area contributed by atoms with Crippen LogP contribution in [0.5, 0.6) is 0 Å². The number of nitrogens with one attached hydrogen (secondary N) is 1. The maximum atomic E-state index is 5.52. The highest BCUT2D eigenvalue weighted by molar-refractivity contribution is 5.98. The van der Waals surface area contributed by atoms with Crippen LogP contribution in [0.4, 0.5) is 0 Å². The molecule has 0 bridgehead atoms. The molecule has 0 saturated carbocycles. The summed E-state index contributed by atoms with van der Waals surface area (Å²) in [4.78, 5) is 5.11. The number of aromatic nitrogens is 4. The Kier molecular flexibility index (Phi) is 4.43. The third-order valence-electron chi connectivity index (χ3n) is 5.33. The number of aromatic amines is 1. The van der Waals surface area contributed by atoms with Gasteiger partial charge in [0.05, 0.1) is 48.4 Å². The predicted molar refractivity (Wildman–Crippen MR) is 110 cm³/mol. The van der Waals surface area contributed by atoms with E-state index < -0.39 is 0 Å². The first-order valence-corrected chi connectivity index (χ1v) is 9.53. The van der Waals surface area contributed by atoms with Gasteiger partial charge in [0.25, 0.3) is 0 Å². The molecular formula is C22H22N4O2. The smallest absolute Gasteiger partial charge is 0.0761 e. The molecule has 0 radical (unpaired) electrons. The van der Waals surface area contributed by atoms with E-state index in [1.807, 2.05) is 18.3 Å². The van der Waals surface area contributed by atoms with Crippen LogP contribution in [-0.4, -0.2) is 46.7 Å². The van der Waals surface area contributed by atoms with Gasteiger partial charge in [-0.3, -0.25) is 5.10 Å². The van der Waals surface area contributed by atoms with Crippen molar-refractivity contribution >= 4 is 27.4 Å². The Bertz CT molecular complexity index is 1170. The number of H-pyrrole nitrogens is 1. The van der Waals surface area contributed by atoms with Crippen LogP contribution in [0.2, 0.25) is 0 Å². The molecule has 0 aliphatic carbocycles. The number of rotatable bonds is 5. The number of ether oxygens (including phenoxy) is 2. The van der Waals surface area contributed by atoms with Crippen LogP contribution in [0.25, 0.3) is 38.6 Å². The van der Waals surface area contributed by atoms with E-state index >= 15 is 0 Å². The number of benzene rings is 1. The Labute approximate surface area is 162 Å². The standard InChI is InChI=1S/C22H22N4O2/c1-27-12-9-26-8-5-17-21(26)13-20(24-22(17)15-6-10-28-11-7-15)16-3-2-4-19-18(16)14-23-25-19/h2-6,8,13-14H,7,9-12H2,1H3,(H,23,25). The second-order valence-corrected chi connectivity index (χ2v) is 6.98. The van der Waals surface area contributed by atoms with Gasteiger partial charge in [0.15, 0.2) is 0 Å². The van der Waals surface area contributed by atoms with Crippen molar-refractivity contribution in [3.8, 4) is 11.3 Å². The molecule has 3 aromatic heterocycles. The summed E-state index contributed by atoms with van der Waals surface area (Å²) in [6, 6.07) is 10.5. The molecule has 0 amide bonds. The van der Waals surface area contributed by atoms with Crippen LogP contribution < -0.4 is 0 Å². The zero-order valence-electron chi connectivity index (χ0n) is 15.8. The van der Waals surface area contributed by atoms with Crippen molar-refractivity contribution in [1.82, 2.24) is 19.7 Å². The van der Waals surface area contributed by atoms with Crippen LogP contribution in [0.15, 0.2) is 48.8 Å². The van der Waals surface area contributed by atoms with Crippen LogP contribution in [-0.2, 0) is 16.0 Å². The third kappa shape index (κ3) is 2.91. The fourth-order valence-electron chi connectivity index (χ4n) is 3.89. The van der Waals surface area contributed by atoms with Gasteiger partial charge in [0.1, 0.15) is 0 Å². The highest BCUT2D eigenvalue weighted by atomic mass is 16.5. The summed E-state index contributed by atoms with van der Waals surface area (Å²) in [5, 5.41) is 9.51. The first kappa shape index (κ1) is 17.2. The van der Waals surface area contributed by atoms with Crippen molar-refractivity contribution < 1.29 is 9.47 Å². The lowest BCUT2D eigenvalue weighted by Gasteiger charge is -2.16. The summed E-state index contributed by atoms with van der Waals surface area (Å²) in [5.41, 5.74) is 6.53. The molecule has 0 spiro atoms. The Hall–Kier alpha value is -2.96. The first-order valence-electron chi connectivity index (χ1n) is 9.53. The highest BCUT2D eigenvalue weighted by Gasteiger charge is 2.17. The summed E-state index contributed by atoms with van der Waals surface area (Å²) in [5.74, 6) is 0. The summed E-state index contributed by atoms with van der Waals surface area (Å²) >= 11 is 0. The molecule has 5 rings (SSSR count). The molecule has 0 saturated heterocycles. The monoisotopic (exact) mass is 374 g/mol. The molecule has 142 valence electrons. The molecule has 1 aliphatic rings. The lowest BCUT2D eigenvalue weighted by molar-refractivity contribution is 0.161. The average Bonchev–Trinajstić information content (AvgIpc) is 3.39. The molecule has 6 nitrogen and oxygen atoms in total. The molecule has 4 heterocycles. The molecule has 1 aromatic carbocycles. The van der Waals surface area contributed by atoms with Crippen LogP contribution in [0, 0.1) is 0 Å². The molecule has 28 heavy (non-hydrogen) atoms. The maximum absolute atomic E-state index is 5.52. The molecule has 6 heteroatoms. The van der Waals surface area contributed by atoms with E-state index in [4.69, 9.17) is 14.5 Å². The molecular weight excluding hydrogens is 352 g/mol. The fraction of sp³-hybridized carbons (Fsp3) is 0.273. The van der Waals surface area contributed by atoms with E-state index in [0.717, 1.165) is 47.4 Å². The summed E-state index contributed by atoms with van der Waals surface area (Å²) in [6.45, 7) is 2.86. The van der Waals surface area contributed by atoms with Crippen molar-refractivity contribution in [3.63, 3.8) is 0 Å². The SMILES string of the molecule is COCCn1ccc2c(C3=CCOCC3)nc(-c3cccc4[nH]ncc34)cc21. The fourth-order valence-corrected chi connectivity index (χ4v) is 3.89. The number of hydrogen-bond donors (Lipinski definition) is 1. The van der Waals surface area contributed by atoms with E-state index in [1.54, 1.807) is 7.11 Å². The summed E-state index contributed by atoms with van der Waals surface area (Å²) in [7, 11) is 1.73. The topological polar surface area (TPSA) is 65.0 Å². The average molecular weight is 374 g/mol. The summed E-state index contributed by atoms with van der Waals surface area (Å²) in [6.07, 6.45) is 7.02. The van der Waals surface area contributed by atoms with E-state index in [1.165, 1.54) is 16.5 Å². The van der Waals surface area contributed by atoms with E-state index in [9.17, 15) is 0 Å². The van der Waals surface area contributed by atoms with E-state index in [2.05, 4.69) is 45.2 Å². The Morgan fingerprint density at radius 1 is 1.25 bits per heavy atom. The van der Waals surface area contributed by atoms with E-state index in [-0.39, 0.29) is 0 Å². The van der Waals surface area contributed by atoms with E-state index in [0.29, 0.717) is 13.2 Å². The van der Waals surface area contributed by atoms with Gasteiger partial charge in [-0.2, -0.15) is 5.10 Å². The second kappa shape index (κ2) is 7.22. The Morgan fingerprint density at radius 2 is 2.21 bits per heavy atom. The largest absolute Gasteiger partial charge is 0.383 e. The molecule has 0 unspecified atom stereocenters. The van der Waals surface area contributed by atoms with Gasteiger partial charge in [-0.25, -0.2) is 4.98 Å². The highest BCUT2D eigenvalue weighted by Crippen LogP contribution is 2.34. The van der Waals surface area contributed by atoms with Gasteiger partial charge >= 0.3 is 0 Å².